The van der Waals surface area contributed by atoms with Gasteiger partial charge in [-0.15, -0.1) is 0 Å². The molecule has 1 aliphatic heterocycles. The van der Waals surface area contributed by atoms with Crippen LogP contribution in [-0.4, -0.2) is 31.3 Å². The van der Waals surface area contributed by atoms with Crippen LogP contribution >= 0.6 is 0 Å². The number of alkyl carbamates (subject to hydrolysis) is 1. The minimum atomic E-state index is -0.660. The number of ether oxygens (including phenoxy) is 2. The first-order valence-electron chi connectivity index (χ1n) is 3.20. The summed E-state index contributed by atoms with van der Waals surface area (Å²) in [6, 6.07) is -0.660. The van der Waals surface area contributed by atoms with Gasteiger partial charge >= 0.3 is 12.1 Å². The lowest BCUT2D eigenvalue weighted by molar-refractivity contribution is -0.143. The molecule has 1 aliphatic rings. The van der Waals surface area contributed by atoms with Gasteiger partial charge in [-0.05, 0) is 6.92 Å². The summed E-state index contributed by atoms with van der Waals surface area (Å²) >= 11 is 0. The maximum absolute atomic E-state index is 10.9. The first-order chi connectivity index (χ1) is 5.15. The number of amides is 1. The molecule has 0 aromatic carbocycles. The van der Waals surface area contributed by atoms with Crippen LogP contribution in [0.2, 0.25) is 0 Å². The Hall–Kier alpha value is -1.26. The lowest BCUT2D eigenvalue weighted by atomic mass is 10.2. The van der Waals surface area contributed by atoms with Crippen molar-refractivity contribution in [3.63, 3.8) is 0 Å². The van der Waals surface area contributed by atoms with Crippen LogP contribution in [0.25, 0.3) is 0 Å². The van der Waals surface area contributed by atoms with Gasteiger partial charge in [0.2, 0.25) is 0 Å². The lowest BCUT2D eigenvalue weighted by Crippen LogP contribution is -2.38. The van der Waals surface area contributed by atoms with E-state index in [4.69, 9.17) is 0 Å². The van der Waals surface area contributed by atoms with Crippen molar-refractivity contribution < 1.29 is 19.1 Å². The van der Waals surface area contributed by atoms with Crippen molar-refractivity contribution in [3.05, 3.63) is 0 Å². The van der Waals surface area contributed by atoms with Crippen LogP contribution < -0.4 is 5.32 Å². The van der Waals surface area contributed by atoms with Crippen LogP contribution in [0.5, 0.6) is 0 Å². The van der Waals surface area contributed by atoms with E-state index in [0.717, 1.165) is 0 Å². The second-order valence-electron chi connectivity index (χ2n) is 2.26. The number of hydrogen-bond donors (Lipinski definition) is 1. The van der Waals surface area contributed by atoms with Crippen LogP contribution in [0.3, 0.4) is 0 Å². The molecule has 0 aromatic heterocycles. The number of nitrogens with one attached hydrogen (secondary N) is 1. The monoisotopic (exact) mass is 159 g/mol. The van der Waals surface area contributed by atoms with E-state index in [1.165, 1.54) is 7.11 Å². The summed E-state index contributed by atoms with van der Waals surface area (Å²) in [6.45, 7) is 1.62. The largest absolute Gasteiger partial charge is 0.467 e. The Kier molecular flexibility index (Phi) is 1.98. The molecule has 5 heteroatoms. The van der Waals surface area contributed by atoms with Gasteiger partial charge < -0.3 is 14.8 Å². The molecule has 1 amide bonds. The molecular weight excluding hydrogens is 150 g/mol. The molecule has 1 heterocycles. The third kappa shape index (κ3) is 1.42. The van der Waals surface area contributed by atoms with Crippen molar-refractivity contribution in [2.75, 3.05) is 7.11 Å². The molecule has 0 bridgehead atoms. The standard InChI is InChI=1S/C6H9NO4/c1-3-4(5(8)10-2)7-6(9)11-3/h3-4H,1-2H3,(H,7,9)/t3-,4+/m0/s1. The first-order valence-corrected chi connectivity index (χ1v) is 3.20. The smallest absolute Gasteiger partial charge is 0.408 e. The zero-order chi connectivity index (χ0) is 8.43. The molecule has 2 atom stereocenters. The van der Waals surface area contributed by atoms with Crippen LogP contribution in [0.4, 0.5) is 4.79 Å². The van der Waals surface area contributed by atoms with E-state index in [0.29, 0.717) is 0 Å². The highest BCUT2D eigenvalue weighted by molar-refractivity contribution is 5.84. The van der Waals surface area contributed by atoms with E-state index in [2.05, 4.69) is 14.8 Å². The Morgan fingerprint density at radius 2 is 2.36 bits per heavy atom. The molecule has 0 saturated carbocycles. The Bertz CT molecular complexity index is 191. The lowest BCUT2D eigenvalue weighted by Gasteiger charge is -2.08. The normalized spacial score (nSPS) is 29.1. The minimum absolute atomic E-state index is 0.449. The highest BCUT2D eigenvalue weighted by Gasteiger charge is 2.36. The Balaban J connectivity index is 2.59. The highest BCUT2D eigenvalue weighted by Crippen LogP contribution is 2.08. The first kappa shape index (κ1) is 7.84. The Morgan fingerprint density at radius 1 is 1.73 bits per heavy atom. The van der Waals surface area contributed by atoms with Crippen molar-refractivity contribution in [1.29, 1.82) is 0 Å². The number of hydrogen-bond acceptors (Lipinski definition) is 4. The van der Waals surface area contributed by atoms with E-state index >= 15 is 0 Å². The topological polar surface area (TPSA) is 64.6 Å². The van der Waals surface area contributed by atoms with Crippen LogP contribution in [0, 0.1) is 0 Å². The maximum atomic E-state index is 10.9. The summed E-state index contributed by atoms with van der Waals surface area (Å²) < 4.78 is 9.07. The summed E-state index contributed by atoms with van der Waals surface area (Å²) in [7, 11) is 1.26. The summed E-state index contributed by atoms with van der Waals surface area (Å²) in [5, 5.41) is 2.32. The number of carbonyl (C=O) groups excluding carboxylic acids is 2. The number of rotatable bonds is 1. The van der Waals surface area contributed by atoms with Crippen LogP contribution in [0.1, 0.15) is 6.92 Å². The van der Waals surface area contributed by atoms with Crippen molar-refractivity contribution in [1.82, 2.24) is 5.32 Å². The molecule has 1 rings (SSSR count). The minimum Gasteiger partial charge on any atom is -0.467 e. The van der Waals surface area contributed by atoms with Crippen LogP contribution in [-0.2, 0) is 14.3 Å². The summed E-state index contributed by atoms with van der Waals surface area (Å²) in [5.74, 6) is -0.483. The summed E-state index contributed by atoms with van der Waals surface area (Å²) in [5.41, 5.74) is 0. The Labute approximate surface area is 63.7 Å². The molecule has 0 radical (unpaired) electrons. The third-order valence-corrected chi connectivity index (χ3v) is 1.49. The quantitative estimate of drug-likeness (QED) is 0.531. The second-order valence-corrected chi connectivity index (χ2v) is 2.26. The van der Waals surface area contributed by atoms with E-state index in [1.54, 1.807) is 6.92 Å². The van der Waals surface area contributed by atoms with Crippen LogP contribution in [0.15, 0.2) is 0 Å². The van der Waals surface area contributed by atoms with Gasteiger partial charge in [0, 0.05) is 0 Å². The average molecular weight is 159 g/mol. The van der Waals surface area contributed by atoms with E-state index in [-0.39, 0.29) is 0 Å². The van der Waals surface area contributed by atoms with E-state index in [9.17, 15) is 9.59 Å². The predicted octanol–water partition coefficient (Wildman–Crippen LogP) is -0.344. The molecule has 62 valence electrons. The fourth-order valence-electron chi connectivity index (χ4n) is 0.893. The molecule has 0 unspecified atom stereocenters. The molecule has 1 saturated heterocycles. The van der Waals surface area contributed by atoms with Gasteiger partial charge in [-0.1, -0.05) is 0 Å². The van der Waals surface area contributed by atoms with E-state index in [1.807, 2.05) is 0 Å². The van der Waals surface area contributed by atoms with Gasteiger partial charge in [-0.3, -0.25) is 0 Å². The number of esters is 1. The fraction of sp³-hybridized carbons (Fsp3) is 0.667. The second kappa shape index (κ2) is 2.77. The van der Waals surface area contributed by atoms with Crippen molar-refractivity contribution in [2.45, 2.75) is 19.1 Å². The molecule has 0 spiro atoms. The Morgan fingerprint density at radius 3 is 2.73 bits per heavy atom. The van der Waals surface area contributed by atoms with Gasteiger partial charge in [-0.2, -0.15) is 0 Å². The molecule has 11 heavy (non-hydrogen) atoms. The van der Waals surface area contributed by atoms with Gasteiger partial charge in [0.1, 0.15) is 6.10 Å². The summed E-state index contributed by atoms with van der Waals surface area (Å²) in [4.78, 5) is 21.4. The SMILES string of the molecule is COC(=O)[C@@H]1NC(=O)O[C@H]1C. The molecule has 1 fully saturated rings. The number of carbonyl (C=O) groups is 2. The zero-order valence-corrected chi connectivity index (χ0v) is 6.29. The number of cyclic esters (lactones) is 1. The van der Waals surface area contributed by atoms with Gasteiger partial charge in [0.15, 0.2) is 6.04 Å². The maximum Gasteiger partial charge on any atom is 0.408 e. The van der Waals surface area contributed by atoms with Gasteiger partial charge in [0.25, 0.3) is 0 Å². The van der Waals surface area contributed by atoms with Crippen molar-refractivity contribution in [2.24, 2.45) is 0 Å². The molecule has 5 nitrogen and oxygen atoms in total. The average Bonchev–Trinajstić information content (AvgIpc) is 2.28. The molecular formula is C6H9NO4. The van der Waals surface area contributed by atoms with Crippen molar-refractivity contribution >= 4 is 12.1 Å². The predicted molar refractivity (Wildman–Crippen MR) is 34.9 cm³/mol. The van der Waals surface area contributed by atoms with Gasteiger partial charge in [-0.25, -0.2) is 9.59 Å². The molecule has 0 aromatic rings. The fourth-order valence-corrected chi connectivity index (χ4v) is 0.893. The third-order valence-electron chi connectivity index (χ3n) is 1.49. The summed E-state index contributed by atoms with van der Waals surface area (Å²) in [6.07, 6.45) is -1.03. The molecule has 0 aliphatic carbocycles. The van der Waals surface area contributed by atoms with Crippen molar-refractivity contribution in [3.8, 4) is 0 Å². The zero-order valence-electron chi connectivity index (χ0n) is 6.29. The number of methoxy groups -OCH3 is 1. The van der Waals surface area contributed by atoms with E-state index < -0.39 is 24.2 Å². The highest BCUT2D eigenvalue weighted by atomic mass is 16.6. The van der Waals surface area contributed by atoms with Gasteiger partial charge in [0.05, 0.1) is 7.11 Å². The molecule has 1 N–H and O–H groups in total.